The minimum atomic E-state index is 0.382. The number of anilines is 1. The van der Waals surface area contributed by atoms with E-state index < -0.39 is 0 Å². The monoisotopic (exact) mass is 277 g/mol. The number of hydrogen-bond donors (Lipinski definition) is 1. The van der Waals surface area contributed by atoms with Crippen LogP contribution in [0.15, 0.2) is 0 Å². The fourth-order valence-electron chi connectivity index (χ4n) is 2.64. The molecule has 0 atom stereocenters. The highest BCUT2D eigenvalue weighted by Gasteiger charge is 2.17. The van der Waals surface area contributed by atoms with E-state index in [4.69, 9.17) is 10.5 Å². The van der Waals surface area contributed by atoms with Gasteiger partial charge in [0.2, 0.25) is 0 Å². The molecule has 4 nitrogen and oxygen atoms in total. The summed E-state index contributed by atoms with van der Waals surface area (Å²) in [6.45, 7) is 4.64. The number of aryl methyl sites for hydroxylation is 2. The van der Waals surface area contributed by atoms with Gasteiger partial charge in [-0.1, -0.05) is 12.8 Å². The van der Waals surface area contributed by atoms with Crippen molar-refractivity contribution in [3.63, 3.8) is 0 Å². The molecule has 19 heavy (non-hydrogen) atoms. The molecule has 5 heteroatoms. The topological polar surface area (TPSA) is 61.0 Å². The van der Waals surface area contributed by atoms with Gasteiger partial charge in [0.25, 0.3) is 0 Å². The number of hydrogen-bond acceptors (Lipinski definition) is 5. The molecule has 102 valence electrons. The first-order valence-electron chi connectivity index (χ1n) is 6.79. The second-order valence-corrected chi connectivity index (χ2v) is 6.41. The summed E-state index contributed by atoms with van der Waals surface area (Å²) in [4.78, 5) is 11.2. The van der Waals surface area contributed by atoms with Crippen LogP contribution in [0, 0.1) is 13.8 Å². The van der Waals surface area contributed by atoms with Gasteiger partial charge in [-0.25, -0.2) is 9.97 Å². The highest BCUT2D eigenvalue weighted by atomic mass is 32.1. The third kappa shape index (κ3) is 2.44. The van der Waals surface area contributed by atoms with Gasteiger partial charge in [0.15, 0.2) is 5.82 Å². The number of fused-ring (bicyclic) bond motifs is 1. The Morgan fingerprint density at radius 3 is 2.74 bits per heavy atom. The second kappa shape index (κ2) is 5.06. The zero-order valence-corrected chi connectivity index (χ0v) is 12.2. The predicted molar refractivity (Wildman–Crippen MR) is 78.3 cm³/mol. The largest absolute Gasteiger partial charge is 0.383 e. The third-order valence-corrected chi connectivity index (χ3v) is 4.95. The van der Waals surface area contributed by atoms with Gasteiger partial charge in [-0.3, -0.25) is 0 Å². The lowest BCUT2D eigenvalue weighted by atomic mass is 10.2. The molecule has 3 rings (SSSR count). The van der Waals surface area contributed by atoms with Crippen LogP contribution < -0.4 is 5.73 Å². The van der Waals surface area contributed by atoms with E-state index in [9.17, 15) is 0 Å². The van der Waals surface area contributed by atoms with Crippen molar-refractivity contribution in [2.75, 3.05) is 5.73 Å². The summed E-state index contributed by atoms with van der Waals surface area (Å²) in [5, 5.41) is 1.01. The first-order chi connectivity index (χ1) is 9.15. The SMILES string of the molecule is Cc1sc2nc(COC3CCCC3)nc(N)c2c1C. The summed E-state index contributed by atoms with van der Waals surface area (Å²) >= 11 is 1.68. The molecule has 1 fully saturated rings. The standard InChI is InChI=1S/C14H19N3OS/c1-8-9(2)19-14-12(8)13(15)16-11(17-14)7-18-10-5-3-4-6-10/h10H,3-7H2,1-2H3,(H2,15,16,17). The molecule has 0 aliphatic heterocycles. The Balaban J connectivity index is 1.84. The second-order valence-electron chi connectivity index (χ2n) is 5.21. The zero-order valence-electron chi connectivity index (χ0n) is 11.4. The lowest BCUT2D eigenvalue weighted by molar-refractivity contribution is 0.0419. The van der Waals surface area contributed by atoms with Gasteiger partial charge in [-0.2, -0.15) is 0 Å². The average molecular weight is 277 g/mol. The Hall–Kier alpha value is -1.20. The Morgan fingerprint density at radius 1 is 1.26 bits per heavy atom. The number of rotatable bonds is 3. The van der Waals surface area contributed by atoms with Crippen LogP contribution >= 0.6 is 11.3 Å². The van der Waals surface area contributed by atoms with Gasteiger partial charge in [-0.15, -0.1) is 11.3 Å². The lowest BCUT2D eigenvalue weighted by Gasteiger charge is -2.10. The van der Waals surface area contributed by atoms with Gasteiger partial charge in [-0.05, 0) is 32.3 Å². The third-order valence-electron chi connectivity index (χ3n) is 3.85. The predicted octanol–water partition coefficient (Wildman–Crippen LogP) is 3.35. The molecule has 1 aliphatic carbocycles. The van der Waals surface area contributed by atoms with Gasteiger partial charge < -0.3 is 10.5 Å². The smallest absolute Gasteiger partial charge is 0.158 e. The van der Waals surface area contributed by atoms with Crippen LogP contribution in [0.2, 0.25) is 0 Å². The minimum Gasteiger partial charge on any atom is -0.383 e. The van der Waals surface area contributed by atoms with Crippen LogP contribution in [0.1, 0.15) is 41.9 Å². The van der Waals surface area contributed by atoms with E-state index in [1.807, 2.05) is 0 Å². The van der Waals surface area contributed by atoms with Crippen molar-refractivity contribution in [2.24, 2.45) is 0 Å². The van der Waals surface area contributed by atoms with E-state index in [1.165, 1.54) is 23.3 Å². The Bertz CT molecular complexity index is 602. The summed E-state index contributed by atoms with van der Waals surface area (Å²) in [5.41, 5.74) is 7.25. The molecule has 0 aromatic carbocycles. The van der Waals surface area contributed by atoms with Crippen molar-refractivity contribution in [2.45, 2.75) is 52.2 Å². The summed E-state index contributed by atoms with van der Waals surface area (Å²) in [5.74, 6) is 1.29. The zero-order chi connectivity index (χ0) is 13.4. The van der Waals surface area contributed by atoms with Gasteiger partial charge in [0, 0.05) is 4.88 Å². The number of nitrogen functional groups attached to an aromatic ring is 1. The average Bonchev–Trinajstić information content (AvgIpc) is 2.96. The number of nitrogens with zero attached hydrogens (tertiary/aromatic N) is 2. The Morgan fingerprint density at radius 2 is 2.00 bits per heavy atom. The molecule has 2 aromatic heterocycles. The molecule has 2 heterocycles. The summed E-state index contributed by atoms with van der Waals surface area (Å²) in [6, 6.07) is 0. The lowest BCUT2D eigenvalue weighted by Crippen LogP contribution is -2.10. The highest BCUT2D eigenvalue weighted by Crippen LogP contribution is 2.32. The maximum atomic E-state index is 6.05. The van der Waals surface area contributed by atoms with Crippen LogP contribution in [-0.4, -0.2) is 16.1 Å². The molecular weight excluding hydrogens is 258 g/mol. The number of aromatic nitrogens is 2. The molecule has 0 unspecified atom stereocenters. The minimum absolute atomic E-state index is 0.382. The Kier molecular flexibility index (Phi) is 3.41. The van der Waals surface area contributed by atoms with E-state index in [-0.39, 0.29) is 0 Å². The molecule has 0 bridgehead atoms. The van der Waals surface area contributed by atoms with E-state index in [0.29, 0.717) is 24.4 Å². The van der Waals surface area contributed by atoms with E-state index in [0.717, 1.165) is 23.1 Å². The van der Waals surface area contributed by atoms with Gasteiger partial charge in [0.1, 0.15) is 17.3 Å². The fraction of sp³-hybridized carbons (Fsp3) is 0.571. The van der Waals surface area contributed by atoms with E-state index >= 15 is 0 Å². The summed E-state index contributed by atoms with van der Waals surface area (Å²) in [7, 11) is 0. The van der Waals surface area contributed by atoms with Crippen LogP contribution in [0.5, 0.6) is 0 Å². The summed E-state index contributed by atoms with van der Waals surface area (Å²) < 4.78 is 5.85. The molecule has 0 amide bonds. The van der Waals surface area contributed by atoms with Crippen molar-refractivity contribution < 1.29 is 4.74 Å². The van der Waals surface area contributed by atoms with Crippen molar-refractivity contribution >= 4 is 27.4 Å². The molecule has 1 aliphatic rings. The molecule has 0 saturated heterocycles. The highest BCUT2D eigenvalue weighted by molar-refractivity contribution is 7.18. The van der Waals surface area contributed by atoms with Gasteiger partial charge in [0.05, 0.1) is 11.5 Å². The molecule has 0 radical (unpaired) electrons. The molecule has 2 aromatic rings. The quantitative estimate of drug-likeness (QED) is 0.934. The van der Waals surface area contributed by atoms with Crippen molar-refractivity contribution in [1.82, 2.24) is 9.97 Å². The fourth-order valence-corrected chi connectivity index (χ4v) is 3.69. The normalized spacial score (nSPS) is 16.5. The van der Waals surface area contributed by atoms with Crippen LogP contribution in [0.25, 0.3) is 10.2 Å². The number of ether oxygens (including phenoxy) is 1. The van der Waals surface area contributed by atoms with Crippen molar-refractivity contribution in [3.05, 3.63) is 16.3 Å². The maximum Gasteiger partial charge on any atom is 0.158 e. The molecular formula is C14H19N3OS. The molecule has 1 saturated carbocycles. The van der Waals surface area contributed by atoms with Crippen LogP contribution in [-0.2, 0) is 11.3 Å². The maximum absolute atomic E-state index is 6.05. The van der Waals surface area contributed by atoms with E-state index in [1.54, 1.807) is 11.3 Å². The molecule has 2 N–H and O–H groups in total. The number of nitrogens with two attached hydrogens (primary N) is 1. The van der Waals surface area contributed by atoms with Crippen LogP contribution in [0.3, 0.4) is 0 Å². The first-order valence-corrected chi connectivity index (χ1v) is 7.60. The Labute approximate surface area is 117 Å². The molecule has 0 spiro atoms. The van der Waals surface area contributed by atoms with Gasteiger partial charge >= 0.3 is 0 Å². The van der Waals surface area contributed by atoms with Crippen molar-refractivity contribution in [3.8, 4) is 0 Å². The summed E-state index contributed by atoms with van der Waals surface area (Å²) in [6.07, 6.45) is 5.25. The van der Waals surface area contributed by atoms with Crippen LogP contribution in [0.4, 0.5) is 5.82 Å². The van der Waals surface area contributed by atoms with Crippen molar-refractivity contribution in [1.29, 1.82) is 0 Å². The number of thiophene rings is 1. The first kappa shape index (κ1) is 12.8. The van der Waals surface area contributed by atoms with E-state index in [2.05, 4.69) is 23.8 Å².